The molecular weight excluding hydrogens is 363 g/mol. The van der Waals surface area contributed by atoms with Crippen molar-refractivity contribution >= 4 is 39.9 Å². The van der Waals surface area contributed by atoms with E-state index in [1.54, 1.807) is 30.7 Å². The van der Waals surface area contributed by atoms with Crippen molar-refractivity contribution in [2.24, 2.45) is 0 Å². The van der Waals surface area contributed by atoms with Crippen LogP contribution in [0.25, 0.3) is 0 Å². The van der Waals surface area contributed by atoms with Crippen LogP contribution >= 0.6 is 39.9 Å². The summed E-state index contributed by atoms with van der Waals surface area (Å²) in [6.45, 7) is 4.12. The zero-order valence-corrected chi connectivity index (χ0v) is 13.8. The highest BCUT2D eigenvalue weighted by molar-refractivity contribution is 9.10. The first-order valence-electron chi connectivity index (χ1n) is 5.80. The van der Waals surface area contributed by atoms with Crippen LogP contribution in [0.3, 0.4) is 0 Å². The molecule has 0 saturated heterocycles. The molecule has 0 amide bonds. The van der Waals surface area contributed by atoms with Gasteiger partial charge >= 0.3 is 0 Å². The van der Waals surface area contributed by atoms with Crippen LogP contribution < -0.4 is 0 Å². The van der Waals surface area contributed by atoms with Crippen LogP contribution in [0.4, 0.5) is 0 Å². The molecule has 1 atom stereocenters. The molecule has 0 fully saturated rings. The van der Waals surface area contributed by atoms with Crippen LogP contribution in [0.1, 0.15) is 12.0 Å². The van der Waals surface area contributed by atoms with Crippen molar-refractivity contribution in [2.75, 3.05) is 0 Å². The lowest BCUT2D eigenvalue weighted by Crippen LogP contribution is -2.31. The van der Waals surface area contributed by atoms with E-state index in [2.05, 4.69) is 27.5 Å². The Bertz CT molecular complexity index is 575. The minimum atomic E-state index is -1.05. The zero-order valence-electron chi connectivity index (χ0n) is 10.7. The molecule has 1 N–H and O–H groups in total. The molecule has 0 bridgehead atoms. The SMILES string of the molecule is C=CCC(O)(Cn1ccnc1)c1ccc(Cl)cc1Br.Cl. The van der Waals surface area contributed by atoms with E-state index in [9.17, 15) is 5.11 Å². The van der Waals surface area contributed by atoms with Gasteiger partial charge in [0.05, 0.1) is 12.9 Å². The third kappa shape index (κ3) is 3.85. The topological polar surface area (TPSA) is 38.0 Å². The number of aromatic nitrogens is 2. The smallest absolute Gasteiger partial charge is 0.112 e. The van der Waals surface area contributed by atoms with Gasteiger partial charge in [-0.25, -0.2) is 4.98 Å². The summed E-state index contributed by atoms with van der Waals surface area (Å²) >= 11 is 9.39. The molecular formula is C14H15BrCl2N2O. The summed E-state index contributed by atoms with van der Waals surface area (Å²) < 4.78 is 2.62. The lowest BCUT2D eigenvalue weighted by molar-refractivity contribution is 0.0206. The van der Waals surface area contributed by atoms with Gasteiger partial charge in [-0.1, -0.05) is 39.7 Å². The highest BCUT2D eigenvalue weighted by Crippen LogP contribution is 2.34. The van der Waals surface area contributed by atoms with Gasteiger partial charge in [0.15, 0.2) is 0 Å². The van der Waals surface area contributed by atoms with Crippen molar-refractivity contribution in [3.8, 4) is 0 Å². The van der Waals surface area contributed by atoms with Crippen LogP contribution in [0.2, 0.25) is 5.02 Å². The van der Waals surface area contributed by atoms with Gasteiger partial charge in [-0.2, -0.15) is 0 Å². The van der Waals surface area contributed by atoms with E-state index in [4.69, 9.17) is 11.6 Å². The highest BCUT2D eigenvalue weighted by Gasteiger charge is 2.30. The number of benzene rings is 1. The van der Waals surface area contributed by atoms with Gasteiger partial charge in [0, 0.05) is 21.9 Å². The lowest BCUT2D eigenvalue weighted by Gasteiger charge is -2.29. The molecule has 20 heavy (non-hydrogen) atoms. The van der Waals surface area contributed by atoms with Crippen LogP contribution in [0, 0.1) is 0 Å². The Balaban J connectivity index is 0.00000200. The molecule has 1 aromatic carbocycles. The minimum absolute atomic E-state index is 0. The van der Waals surface area contributed by atoms with E-state index < -0.39 is 5.60 Å². The van der Waals surface area contributed by atoms with Gasteiger partial charge in [0.2, 0.25) is 0 Å². The van der Waals surface area contributed by atoms with Crippen LogP contribution in [-0.2, 0) is 12.1 Å². The standard InChI is InChI=1S/C14H14BrClN2O.ClH/c1-2-5-14(19,9-18-7-6-17-10-18)12-4-3-11(16)8-13(12)15;/h2-4,6-8,10,19H,1,5,9H2;1H. The number of nitrogens with zero attached hydrogens (tertiary/aromatic N) is 2. The van der Waals surface area contributed by atoms with Crippen molar-refractivity contribution < 1.29 is 5.11 Å². The average Bonchev–Trinajstić information content (AvgIpc) is 2.81. The highest BCUT2D eigenvalue weighted by atomic mass is 79.9. The maximum atomic E-state index is 10.9. The van der Waals surface area contributed by atoms with E-state index in [0.717, 1.165) is 10.0 Å². The summed E-state index contributed by atoms with van der Waals surface area (Å²) in [7, 11) is 0. The summed E-state index contributed by atoms with van der Waals surface area (Å²) in [5.74, 6) is 0. The Hall–Kier alpha value is -0.810. The fraction of sp³-hybridized carbons (Fsp3) is 0.214. The summed E-state index contributed by atoms with van der Waals surface area (Å²) in [5.41, 5.74) is -0.267. The second kappa shape index (κ2) is 7.27. The molecule has 0 aliphatic rings. The molecule has 2 rings (SSSR count). The molecule has 0 saturated carbocycles. The molecule has 6 heteroatoms. The number of hydrogen-bond donors (Lipinski definition) is 1. The molecule has 0 aliphatic carbocycles. The van der Waals surface area contributed by atoms with Crippen molar-refractivity contribution in [1.29, 1.82) is 0 Å². The number of aliphatic hydroxyl groups is 1. The van der Waals surface area contributed by atoms with E-state index in [-0.39, 0.29) is 12.4 Å². The van der Waals surface area contributed by atoms with Gasteiger partial charge in [-0.15, -0.1) is 19.0 Å². The first kappa shape index (κ1) is 17.2. The second-order valence-corrected chi connectivity index (χ2v) is 5.67. The van der Waals surface area contributed by atoms with Crippen LogP contribution in [0.5, 0.6) is 0 Å². The summed E-state index contributed by atoms with van der Waals surface area (Å²) in [6, 6.07) is 5.37. The Labute approximate surface area is 137 Å². The van der Waals surface area contributed by atoms with Crippen molar-refractivity contribution in [3.63, 3.8) is 0 Å². The average molecular weight is 378 g/mol. The van der Waals surface area contributed by atoms with Gasteiger partial charge in [0.1, 0.15) is 5.60 Å². The molecule has 0 radical (unpaired) electrons. The number of halogens is 3. The largest absolute Gasteiger partial charge is 0.383 e. The maximum Gasteiger partial charge on any atom is 0.112 e. The summed E-state index contributed by atoms with van der Waals surface area (Å²) in [4.78, 5) is 3.99. The molecule has 1 heterocycles. The van der Waals surface area contributed by atoms with Gasteiger partial charge < -0.3 is 9.67 Å². The van der Waals surface area contributed by atoms with Crippen molar-refractivity contribution in [2.45, 2.75) is 18.6 Å². The molecule has 108 valence electrons. The molecule has 0 aliphatic heterocycles. The fourth-order valence-corrected chi connectivity index (χ4v) is 3.10. The van der Waals surface area contributed by atoms with E-state index in [1.807, 2.05) is 16.8 Å². The number of rotatable bonds is 5. The summed E-state index contributed by atoms with van der Waals surface area (Å²) in [5, 5.41) is 11.6. The van der Waals surface area contributed by atoms with Gasteiger partial charge in [0.25, 0.3) is 0 Å². The van der Waals surface area contributed by atoms with E-state index in [1.165, 1.54) is 0 Å². The molecule has 2 aromatic rings. The molecule has 1 aromatic heterocycles. The Kier molecular flexibility index (Phi) is 6.27. The van der Waals surface area contributed by atoms with E-state index in [0.29, 0.717) is 18.0 Å². The predicted molar refractivity (Wildman–Crippen MR) is 87.3 cm³/mol. The number of hydrogen-bond acceptors (Lipinski definition) is 2. The Morgan fingerprint density at radius 3 is 2.80 bits per heavy atom. The zero-order chi connectivity index (χ0) is 13.9. The summed E-state index contributed by atoms with van der Waals surface area (Å²) in [6.07, 6.45) is 7.32. The van der Waals surface area contributed by atoms with Gasteiger partial charge in [-0.05, 0) is 24.1 Å². The quantitative estimate of drug-likeness (QED) is 0.793. The van der Waals surface area contributed by atoms with Gasteiger partial charge in [-0.3, -0.25) is 0 Å². The maximum absolute atomic E-state index is 10.9. The first-order chi connectivity index (χ1) is 9.05. The first-order valence-corrected chi connectivity index (χ1v) is 6.97. The molecule has 3 nitrogen and oxygen atoms in total. The second-order valence-electron chi connectivity index (χ2n) is 4.38. The molecule has 1 unspecified atom stereocenters. The van der Waals surface area contributed by atoms with Crippen LogP contribution in [-0.4, -0.2) is 14.7 Å². The van der Waals surface area contributed by atoms with E-state index >= 15 is 0 Å². The normalized spacial score (nSPS) is 13.3. The third-order valence-electron chi connectivity index (χ3n) is 2.92. The lowest BCUT2D eigenvalue weighted by atomic mass is 9.90. The fourth-order valence-electron chi connectivity index (χ4n) is 2.05. The van der Waals surface area contributed by atoms with Crippen molar-refractivity contribution in [1.82, 2.24) is 9.55 Å². The Morgan fingerprint density at radius 2 is 2.25 bits per heavy atom. The monoisotopic (exact) mass is 376 g/mol. The third-order valence-corrected chi connectivity index (χ3v) is 3.81. The predicted octanol–water partition coefficient (Wildman–Crippen LogP) is 4.18. The number of imidazole rings is 1. The molecule has 0 spiro atoms. The van der Waals surface area contributed by atoms with Crippen LogP contribution in [0.15, 0.2) is 54.0 Å². The Morgan fingerprint density at radius 1 is 1.50 bits per heavy atom. The minimum Gasteiger partial charge on any atom is -0.383 e. The van der Waals surface area contributed by atoms with Crippen molar-refractivity contribution in [3.05, 3.63) is 64.6 Å².